The number of sulfonamides is 1. The van der Waals surface area contributed by atoms with Gasteiger partial charge < -0.3 is 9.47 Å². The smallest absolute Gasteiger partial charge is 0.280 e. The van der Waals surface area contributed by atoms with Crippen LogP contribution in [0.2, 0.25) is 0 Å². The van der Waals surface area contributed by atoms with Crippen LogP contribution in [0.3, 0.4) is 0 Å². The SMILES string of the molecule is COc1ccc2nc(N(/N=C/c3ccc(F)cc3)C(=O)c3ccc(S(=O)(=O)N(C)CC4CCCO4)cc3)sc2c1. The molecule has 3 aromatic carbocycles. The highest BCUT2D eigenvalue weighted by molar-refractivity contribution is 7.89. The first-order chi connectivity index (χ1) is 19.2. The van der Waals surface area contributed by atoms with Crippen molar-refractivity contribution in [3.05, 3.63) is 83.7 Å². The molecule has 0 saturated carbocycles. The van der Waals surface area contributed by atoms with Gasteiger partial charge in [0.25, 0.3) is 5.91 Å². The van der Waals surface area contributed by atoms with E-state index in [1.807, 2.05) is 6.07 Å². The Bertz CT molecular complexity index is 1630. The van der Waals surface area contributed by atoms with Gasteiger partial charge in [-0.25, -0.2) is 17.8 Å². The number of nitrogens with zero attached hydrogens (tertiary/aromatic N) is 4. The summed E-state index contributed by atoms with van der Waals surface area (Å²) in [5, 5.41) is 5.83. The molecule has 1 atom stereocenters. The zero-order valence-electron chi connectivity index (χ0n) is 21.9. The highest BCUT2D eigenvalue weighted by Gasteiger charge is 2.27. The average Bonchev–Trinajstić information content (AvgIpc) is 3.63. The molecule has 1 aromatic heterocycles. The van der Waals surface area contributed by atoms with E-state index in [0.29, 0.717) is 28.6 Å². The molecule has 4 aromatic rings. The van der Waals surface area contributed by atoms with Crippen molar-refractivity contribution < 1.29 is 27.1 Å². The van der Waals surface area contributed by atoms with E-state index in [0.717, 1.165) is 22.6 Å². The summed E-state index contributed by atoms with van der Waals surface area (Å²) in [6, 6.07) is 16.8. The van der Waals surface area contributed by atoms with Crippen molar-refractivity contribution in [3.8, 4) is 5.75 Å². The Balaban J connectivity index is 1.44. The van der Waals surface area contributed by atoms with Gasteiger partial charge in [0, 0.05) is 25.8 Å². The second kappa shape index (κ2) is 11.8. The molecule has 0 aliphatic carbocycles. The normalized spacial score (nSPS) is 15.8. The number of halogens is 1. The molecule has 208 valence electrons. The molecule has 0 spiro atoms. The third-order valence-electron chi connectivity index (χ3n) is 6.44. The number of amides is 1. The predicted molar refractivity (Wildman–Crippen MR) is 152 cm³/mol. The van der Waals surface area contributed by atoms with E-state index < -0.39 is 15.9 Å². The summed E-state index contributed by atoms with van der Waals surface area (Å²) in [6.45, 7) is 0.898. The lowest BCUT2D eigenvalue weighted by Crippen LogP contribution is -2.34. The Morgan fingerprint density at radius 3 is 2.60 bits per heavy atom. The molecule has 1 amide bonds. The number of aromatic nitrogens is 1. The number of methoxy groups -OCH3 is 1. The van der Waals surface area contributed by atoms with Crippen LogP contribution >= 0.6 is 11.3 Å². The zero-order chi connectivity index (χ0) is 28.3. The van der Waals surface area contributed by atoms with Crippen LogP contribution in [0.15, 0.2) is 76.7 Å². The van der Waals surface area contributed by atoms with Gasteiger partial charge >= 0.3 is 0 Å². The van der Waals surface area contributed by atoms with Crippen molar-refractivity contribution in [2.45, 2.75) is 23.8 Å². The Kier molecular flexibility index (Phi) is 8.22. The molecule has 12 heteroatoms. The summed E-state index contributed by atoms with van der Waals surface area (Å²) in [5.41, 5.74) is 1.46. The van der Waals surface area contributed by atoms with E-state index in [4.69, 9.17) is 9.47 Å². The molecule has 0 radical (unpaired) electrons. The van der Waals surface area contributed by atoms with Crippen LogP contribution in [0, 0.1) is 5.82 Å². The number of ether oxygens (including phenoxy) is 2. The van der Waals surface area contributed by atoms with Gasteiger partial charge in [0.15, 0.2) is 0 Å². The molecular formula is C28H27FN4O5S2. The largest absolute Gasteiger partial charge is 0.497 e. The van der Waals surface area contributed by atoms with E-state index in [9.17, 15) is 17.6 Å². The minimum absolute atomic E-state index is 0.0676. The molecule has 9 nitrogen and oxygen atoms in total. The van der Waals surface area contributed by atoms with Gasteiger partial charge in [-0.2, -0.15) is 14.4 Å². The highest BCUT2D eigenvalue weighted by Crippen LogP contribution is 2.32. The van der Waals surface area contributed by atoms with Gasteiger partial charge in [-0.1, -0.05) is 23.5 Å². The minimum Gasteiger partial charge on any atom is -0.497 e. The Hall–Kier alpha value is -3.71. The second-order valence-electron chi connectivity index (χ2n) is 9.19. The molecule has 40 heavy (non-hydrogen) atoms. The summed E-state index contributed by atoms with van der Waals surface area (Å²) in [6.07, 6.45) is 3.04. The van der Waals surface area contributed by atoms with Crippen LogP contribution in [0.4, 0.5) is 9.52 Å². The summed E-state index contributed by atoms with van der Waals surface area (Å²) in [5.74, 6) is -0.251. The molecule has 0 N–H and O–H groups in total. The van der Waals surface area contributed by atoms with Crippen LogP contribution in [-0.4, -0.2) is 63.2 Å². The Labute approximate surface area is 235 Å². The van der Waals surface area contributed by atoms with Crippen molar-refractivity contribution in [1.29, 1.82) is 0 Å². The van der Waals surface area contributed by atoms with Gasteiger partial charge in [-0.05, 0) is 73.0 Å². The molecule has 1 saturated heterocycles. The number of anilines is 1. The molecule has 1 aliphatic heterocycles. The van der Waals surface area contributed by atoms with Crippen LogP contribution < -0.4 is 9.75 Å². The third kappa shape index (κ3) is 6.04. The lowest BCUT2D eigenvalue weighted by Gasteiger charge is -2.20. The second-order valence-corrected chi connectivity index (χ2v) is 12.2. The highest BCUT2D eigenvalue weighted by atomic mass is 32.2. The molecule has 5 rings (SSSR count). The molecule has 2 heterocycles. The number of carbonyl (C=O) groups excluding carboxylic acids is 1. The van der Waals surface area contributed by atoms with Gasteiger partial charge in [-0.15, -0.1) is 0 Å². The number of hydrogen-bond acceptors (Lipinski definition) is 8. The maximum Gasteiger partial charge on any atom is 0.280 e. The van der Waals surface area contributed by atoms with Gasteiger partial charge in [-0.3, -0.25) is 4.79 Å². The van der Waals surface area contributed by atoms with Crippen molar-refractivity contribution in [3.63, 3.8) is 0 Å². The number of hydrazone groups is 1. The van der Waals surface area contributed by atoms with Gasteiger partial charge in [0.05, 0.1) is 34.5 Å². The number of likely N-dealkylation sites (N-methyl/N-ethyl adjacent to an activating group) is 1. The van der Waals surface area contributed by atoms with Gasteiger partial charge in [0.1, 0.15) is 11.6 Å². The van der Waals surface area contributed by atoms with Crippen LogP contribution in [-0.2, 0) is 14.8 Å². The quantitative estimate of drug-likeness (QED) is 0.205. The van der Waals surface area contributed by atoms with Crippen LogP contribution in [0.1, 0.15) is 28.8 Å². The first-order valence-corrected chi connectivity index (χ1v) is 14.8. The topological polar surface area (TPSA) is 101 Å². The van der Waals surface area contributed by atoms with Crippen molar-refractivity contribution in [1.82, 2.24) is 9.29 Å². The summed E-state index contributed by atoms with van der Waals surface area (Å²) >= 11 is 1.25. The van der Waals surface area contributed by atoms with Gasteiger partial charge in [0.2, 0.25) is 15.2 Å². The van der Waals surface area contributed by atoms with Crippen molar-refractivity contribution in [2.24, 2.45) is 5.10 Å². The maximum atomic E-state index is 13.7. The molecule has 1 fully saturated rings. The minimum atomic E-state index is -3.77. The maximum absolute atomic E-state index is 13.7. The number of thiazole rings is 1. The van der Waals surface area contributed by atoms with E-state index in [2.05, 4.69) is 10.1 Å². The molecule has 1 aliphatic rings. The number of benzene rings is 3. The van der Waals surface area contributed by atoms with E-state index >= 15 is 0 Å². The fourth-order valence-corrected chi connectivity index (χ4v) is 6.37. The number of fused-ring (bicyclic) bond motifs is 1. The summed E-state index contributed by atoms with van der Waals surface area (Å²) in [7, 11) is -0.686. The first-order valence-electron chi connectivity index (χ1n) is 12.5. The lowest BCUT2D eigenvalue weighted by atomic mass is 10.2. The molecule has 0 bridgehead atoms. The first kappa shape index (κ1) is 27.8. The third-order valence-corrected chi connectivity index (χ3v) is 9.28. The number of carbonyl (C=O) groups is 1. The Morgan fingerprint density at radius 2 is 1.93 bits per heavy atom. The van der Waals surface area contributed by atoms with Crippen LogP contribution in [0.5, 0.6) is 5.75 Å². The lowest BCUT2D eigenvalue weighted by molar-refractivity contribution is 0.0978. The predicted octanol–water partition coefficient (Wildman–Crippen LogP) is 4.92. The zero-order valence-corrected chi connectivity index (χ0v) is 23.5. The summed E-state index contributed by atoms with van der Waals surface area (Å²) in [4.78, 5) is 18.3. The van der Waals surface area contributed by atoms with E-state index in [-0.39, 0.29) is 28.9 Å². The van der Waals surface area contributed by atoms with Crippen molar-refractivity contribution in [2.75, 3.05) is 32.3 Å². The van der Waals surface area contributed by atoms with E-state index in [1.54, 1.807) is 19.2 Å². The van der Waals surface area contributed by atoms with E-state index in [1.165, 1.54) is 77.4 Å². The van der Waals surface area contributed by atoms with Crippen molar-refractivity contribution >= 4 is 48.8 Å². The number of rotatable bonds is 9. The fourth-order valence-electron chi connectivity index (χ4n) is 4.22. The van der Waals surface area contributed by atoms with Crippen LogP contribution in [0.25, 0.3) is 10.2 Å². The monoisotopic (exact) mass is 582 g/mol. The number of hydrogen-bond donors (Lipinski definition) is 0. The molecule has 1 unspecified atom stereocenters. The summed E-state index contributed by atoms with van der Waals surface area (Å²) < 4.78 is 52.5. The fraction of sp³-hybridized carbons (Fsp3) is 0.250. The Morgan fingerprint density at radius 1 is 1.18 bits per heavy atom. The molecular weight excluding hydrogens is 555 g/mol. The average molecular weight is 583 g/mol. The standard InChI is InChI=1S/C28H27FN4O5S2/c1-32(18-23-4-3-15-38-23)40(35,36)24-12-7-20(8-13-24)27(34)33(30-17-19-5-9-21(29)10-6-19)28-31-25-14-11-22(37-2)16-26(25)39-28/h5-14,16-17,23H,3-4,15,18H2,1-2H3/b30-17+.